The predicted molar refractivity (Wildman–Crippen MR) is 70.5 cm³/mol. The molecule has 2 aromatic carbocycles. The molecule has 0 saturated heterocycles. The Morgan fingerprint density at radius 1 is 1.20 bits per heavy atom. The molecule has 0 saturated carbocycles. The molecular formula is C15H8ClF2NO. The van der Waals surface area contributed by atoms with E-state index in [-0.39, 0.29) is 16.1 Å². The third kappa shape index (κ3) is 2.68. The lowest BCUT2D eigenvalue weighted by molar-refractivity contribution is 0.0975. The average Bonchev–Trinajstić information content (AvgIpc) is 2.42. The van der Waals surface area contributed by atoms with Crippen molar-refractivity contribution < 1.29 is 13.6 Å². The Balaban J connectivity index is 2.45. The van der Waals surface area contributed by atoms with Gasteiger partial charge in [-0.15, -0.1) is 0 Å². The first-order valence-electron chi connectivity index (χ1n) is 5.68. The molecule has 2 rings (SSSR count). The van der Waals surface area contributed by atoms with Gasteiger partial charge in [0.25, 0.3) is 0 Å². The number of hydrogen-bond acceptors (Lipinski definition) is 2. The van der Waals surface area contributed by atoms with Crippen molar-refractivity contribution >= 4 is 17.4 Å². The Morgan fingerprint density at radius 2 is 1.90 bits per heavy atom. The number of halogens is 3. The van der Waals surface area contributed by atoms with Crippen LogP contribution < -0.4 is 0 Å². The minimum absolute atomic E-state index is 0.178. The van der Waals surface area contributed by atoms with E-state index in [1.807, 2.05) is 0 Å². The number of Topliss-reactive ketones (excluding diaryl/α,β-unsaturated/α-hetero) is 1. The summed E-state index contributed by atoms with van der Waals surface area (Å²) in [5.41, 5.74) is -0.106. The summed E-state index contributed by atoms with van der Waals surface area (Å²) in [6.45, 7) is 0. The van der Waals surface area contributed by atoms with E-state index in [1.165, 1.54) is 36.4 Å². The highest BCUT2D eigenvalue weighted by Gasteiger charge is 2.25. The van der Waals surface area contributed by atoms with Gasteiger partial charge in [0.15, 0.2) is 11.6 Å². The molecule has 5 heteroatoms. The minimum Gasteiger partial charge on any atom is -0.292 e. The maximum atomic E-state index is 13.8. The van der Waals surface area contributed by atoms with Gasteiger partial charge in [0.2, 0.25) is 0 Å². The molecule has 0 aliphatic carbocycles. The molecular weight excluding hydrogens is 284 g/mol. The van der Waals surface area contributed by atoms with Crippen molar-refractivity contribution in [3.8, 4) is 6.07 Å². The second-order valence-corrected chi connectivity index (χ2v) is 4.49. The molecule has 0 aliphatic rings. The Bertz CT molecular complexity index is 709. The van der Waals surface area contributed by atoms with Crippen molar-refractivity contribution in [1.82, 2.24) is 0 Å². The Labute approximate surface area is 119 Å². The number of ketones is 1. The zero-order valence-corrected chi connectivity index (χ0v) is 10.9. The number of rotatable bonds is 3. The van der Waals surface area contributed by atoms with Gasteiger partial charge in [0.05, 0.1) is 16.7 Å². The number of hydrogen-bond donors (Lipinski definition) is 0. The van der Waals surface area contributed by atoms with Gasteiger partial charge in [-0.25, -0.2) is 8.78 Å². The lowest BCUT2D eigenvalue weighted by Gasteiger charge is -2.10. The van der Waals surface area contributed by atoms with Crippen molar-refractivity contribution in [3.05, 3.63) is 70.2 Å². The molecule has 1 atom stereocenters. The van der Waals surface area contributed by atoms with E-state index in [2.05, 4.69) is 0 Å². The standard InChI is InChI=1S/C15H8ClF2NO/c16-13-6-2-5-11(14(13)18)15(20)12(8-19)9-3-1-4-10(17)7-9/h1-7,12H. The van der Waals surface area contributed by atoms with Crippen molar-refractivity contribution in [2.45, 2.75) is 5.92 Å². The molecule has 0 radical (unpaired) electrons. The lowest BCUT2D eigenvalue weighted by atomic mass is 9.91. The molecule has 0 N–H and O–H groups in total. The third-order valence-electron chi connectivity index (χ3n) is 2.79. The van der Waals surface area contributed by atoms with Crippen molar-refractivity contribution in [2.75, 3.05) is 0 Å². The third-order valence-corrected chi connectivity index (χ3v) is 3.08. The average molecular weight is 292 g/mol. The van der Waals surface area contributed by atoms with Gasteiger partial charge in [-0.2, -0.15) is 5.26 Å². The van der Waals surface area contributed by atoms with E-state index in [9.17, 15) is 13.6 Å². The predicted octanol–water partition coefficient (Wildman–Crippen LogP) is 4.11. The van der Waals surface area contributed by atoms with E-state index >= 15 is 0 Å². The number of carbonyl (C=O) groups excluding carboxylic acids is 1. The van der Waals surface area contributed by atoms with E-state index in [0.29, 0.717) is 0 Å². The smallest absolute Gasteiger partial charge is 0.187 e. The van der Waals surface area contributed by atoms with E-state index in [4.69, 9.17) is 16.9 Å². The molecule has 0 heterocycles. The molecule has 1 unspecified atom stereocenters. The van der Waals surface area contributed by atoms with Crippen LogP contribution in [0.1, 0.15) is 21.8 Å². The topological polar surface area (TPSA) is 40.9 Å². The normalized spacial score (nSPS) is 11.7. The lowest BCUT2D eigenvalue weighted by Crippen LogP contribution is -2.13. The van der Waals surface area contributed by atoms with E-state index in [1.54, 1.807) is 6.07 Å². The number of benzene rings is 2. The quantitative estimate of drug-likeness (QED) is 0.799. The van der Waals surface area contributed by atoms with Gasteiger partial charge in [-0.3, -0.25) is 4.79 Å². The summed E-state index contributed by atoms with van der Waals surface area (Å²) in [6.07, 6.45) is 0. The largest absolute Gasteiger partial charge is 0.292 e. The number of nitriles is 1. The fourth-order valence-electron chi connectivity index (χ4n) is 1.82. The maximum absolute atomic E-state index is 13.8. The Kier molecular flexibility index (Phi) is 4.11. The second kappa shape index (κ2) is 5.81. The summed E-state index contributed by atoms with van der Waals surface area (Å²) in [5.74, 6) is -3.48. The summed E-state index contributed by atoms with van der Waals surface area (Å²) in [7, 11) is 0. The Hall–Kier alpha value is -2.25. The first-order valence-corrected chi connectivity index (χ1v) is 6.05. The van der Waals surface area contributed by atoms with Crippen LogP contribution in [0.2, 0.25) is 5.02 Å². The fraction of sp³-hybridized carbons (Fsp3) is 0.0667. The summed E-state index contributed by atoms with van der Waals surface area (Å²) < 4.78 is 27.0. The second-order valence-electron chi connectivity index (χ2n) is 4.08. The van der Waals surface area contributed by atoms with Gasteiger partial charge < -0.3 is 0 Å². The van der Waals surface area contributed by atoms with Crippen LogP contribution in [0.25, 0.3) is 0 Å². The molecule has 2 nitrogen and oxygen atoms in total. The van der Waals surface area contributed by atoms with Crippen LogP contribution in [-0.4, -0.2) is 5.78 Å². The van der Waals surface area contributed by atoms with Gasteiger partial charge in [0, 0.05) is 0 Å². The van der Waals surface area contributed by atoms with Crippen LogP contribution in [0.5, 0.6) is 0 Å². The molecule has 0 fully saturated rings. The molecule has 0 amide bonds. The molecule has 0 bridgehead atoms. The molecule has 2 aromatic rings. The van der Waals surface area contributed by atoms with Gasteiger partial charge in [-0.1, -0.05) is 29.8 Å². The zero-order chi connectivity index (χ0) is 14.7. The summed E-state index contributed by atoms with van der Waals surface area (Å²) in [6, 6.07) is 10.8. The van der Waals surface area contributed by atoms with Gasteiger partial charge >= 0.3 is 0 Å². The first kappa shape index (κ1) is 14.2. The number of carbonyl (C=O) groups is 1. The SMILES string of the molecule is N#CC(C(=O)c1cccc(Cl)c1F)c1cccc(F)c1. The van der Waals surface area contributed by atoms with Crippen LogP contribution in [-0.2, 0) is 0 Å². The monoisotopic (exact) mass is 291 g/mol. The zero-order valence-electron chi connectivity index (χ0n) is 10.1. The molecule has 0 aliphatic heterocycles. The Morgan fingerprint density at radius 3 is 2.55 bits per heavy atom. The molecule has 100 valence electrons. The minimum atomic E-state index is -1.28. The first-order chi connectivity index (χ1) is 9.54. The van der Waals surface area contributed by atoms with Crippen LogP contribution >= 0.6 is 11.6 Å². The van der Waals surface area contributed by atoms with E-state index < -0.39 is 23.3 Å². The van der Waals surface area contributed by atoms with E-state index in [0.717, 1.165) is 6.07 Å². The molecule has 0 aromatic heterocycles. The fourth-order valence-corrected chi connectivity index (χ4v) is 1.99. The van der Waals surface area contributed by atoms with Gasteiger partial charge in [-0.05, 0) is 29.8 Å². The van der Waals surface area contributed by atoms with Crippen molar-refractivity contribution in [3.63, 3.8) is 0 Å². The summed E-state index contributed by atoms with van der Waals surface area (Å²) in [5, 5.41) is 8.91. The number of nitrogens with zero attached hydrogens (tertiary/aromatic N) is 1. The summed E-state index contributed by atoms with van der Waals surface area (Å²) in [4.78, 5) is 12.2. The van der Waals surface area contributed by atoms with Crippen molar-refractivity contribution in [1.29, 1.82) is 5.26 Å². The van der Waals surface area contributed by atoms with Crippen LogP contribution in [0.4, 0.5) is 8.78 Å². The van der Waals surface area contributed by atoms with Crippen LogP contribution in [0.3, 0.4) is 0 Å². The highest BCUT2D eigenvalue weighted by Crippen LogP contribution is 2.25. The maximum Gasteiger partial charge on any atom is 0.187 e. The van der Waals surface area contributed by atoms with Gasteiger partial charge in [0.1, 0.15) is 11.7 Å². The molecule has 0 spiro atoms. The van der Waals surface area contributed by atoms with Crippen LogP contribution in [0, 0.1) is 23.0 Å². The summed E-state index contributed by atoms with van der Waals surface area (Å²) >= 11 is 5.61. The highest BCUT2D eigenvalue weighted by atomic mass is 35.5. The molecule has 20 heavy (non-hydrogen) atoms. The van der Waals surface area contributed by atoms with Crippen molar-refractivity contribution in [2.24, 2.45) is 0 Å². The van der Waals surface area contributed by atoms with Crippen LogP contribution in [0.15, 0.2) is 42.5 Å². The highest BCUT2D eigenvalue weighted by molar-refractivity contribution is 6.31.